The molecule has 5 heteroatoms. The maximum Gasteiger partial charge on any atom is 0.230 e. The van der Waals surface area contributed by atoms with Crippen molar-refractivity contribution in [1.29, 1.82) is 0 Å². The molecular formula is C13H17N3OS. The Balaban J connectivity index is 1.94. The summed E-state index contributed by atoms with van der Waals surface area (Å²) in [5, 5.41) is 3.96. The smallest absolute Gasteiger partial charge is 0.230 e. The lowest BCUT2D eigenvalue weighted by Gasteiger charge is -1.99. The monoisotopic (exact) mass is 263 g/mol. The number of rotatable bonds is 5. The Bertz CT molecular complexity index is 495. The summed E-state index contributed by atoms with van der Waals surface area (Å²) in [7, 11) is 0. The summed E-state index contributed by atoms with van der Waals surface area (Å²) < 4.78 is 5.17. The Morgan fingerprint density at radius 2 is 2.06 bits per heavy atom. The number of benzene rings is 1. The predicted molar refractivity (Wildman–Crippen MR) is 72.5 cm³/mol. The number of hydrogen-bond acceptors (Lipinski definition) is 5. The van der Waals surface area contributed by atoms with Gasteiger partial charge in [0.2, 0.25) is 5.89 Å². The van der Waals surface area contributed by atoms with Gasteiger partial charge in [-0.15, -0.1) is 11.8 Å². The van der Waals surface area contributed by atoms with E-state index >= 15 is 0 Å². The second-order valence-electron chi connectivity index (χ2n) is 4.29. The van der Waals surface area contributed by atoms with Crippen LogP contribution in [0.3, 0.4) is 0 Å². The minimum atomic E-state index is 0.121. The zero-order valence-corrected chi connectivity index (χ0v) is 11.4. The van der Waals surface area contributed by atoms with Crippen LogP contribution in [0.5, 0.6) is 0 Å². The number of nitrogens with two attached hydrogens (primary N) is 1. The molecule has 0 saturated heterocycles. The molecule has 1 aromatic carbocycles. The first kappa shape index (κ1) is 13.1. The Hall–Kier alpha value is -1.33. The van der Waals surface area contributed by atoms with Gasteiger partial charge in [0.05, 0.1) is 5.75 Å². The minimum absolute atomic E-state index is 0.121. The first-order chi connectivity index (χ1) is 8.69. The summed E-state index contributed by atoms with van der Waals surface area (Å²) in [6, 6.07) is 8.40. The molecule has 96 valence electrons. The molecule has 0 aliphatic heterocycles. The molecule has 0 aliphatic rings. The summed E-state index contributed by atoms with van der Waals surface area (Å²) in [5.41, 5.74) is 6.82. The van der Waals surface area contributed by atoms with Crippen molar-refractivity contribution in [3.63, 3.8) is 0 Å². The maximum absolute atomic E-state index is 5.56. The standard InChI is InChI=1S/C13H17N3OS/c1-9-3-5-11(6-4-9)18-8-12-15-13(17-16-12)10(2)7-14/h3-6,10H,7-8,14H2,1-2H3. The van der Waals surface area contributed by atoms with Gasteiger partial charge in [0.15, 0.2) is 5.82 Å². The average Bonchev–Trinajstić information content (AvgIpc) is 2.86. The van der Waals surface area contributed by atoms with Crippen LogP contribution < -0.4 is 5.73 Å². The van der Waals surface area contributed by atoms with Crippen LogP contribution in [0.25, 0.3) is 0 Å². The third-order valence-electron chi connectivity index (χ3n) is 2.65. The highest BCUT2D eigenvalue weighted by atomic mass is 32.2. The predicted octanol–water partition coefficient (Wildman–Crippen LogP) is 2.73. The summed E-state index contributed by atoms with van der Waals surface area (Å²) >= 11 is 1.70. The van der Waals surface area contributed by atoms with Gasteiger partial charge < -0.3 is 10.3 Å². The highest BCUT2D eigenvalue weighted by Gasteiger charge is 2.12. The molecule has 18 heavy (non-hydrogen) atoms. The van der Waals surface area contributed by atoms with Gasteiger partial charge in [-0.25, -0.2) is 0 Å². The fourth-order valence-electron chi connectivity index (χ4n) is 1.41. The van der Waals surface area contributed by atoms with Crippen LogP contribution in [0.2, 0.25) is 0 Å². The van der Waals surface area contributed by atoms with E-state index in [1.54, 1.807) is 11.8 Å². The van der Waals surface area contributed by atoms with Crippen LogP contribution >= 0.6 is 11.8 Å². The molecule has 0 fully saturated rings. The molecule has 1 heterocycles. The molecule has 0 amide bonds. The number of hydrogen-bond donors (Lipinski definition) is 1. The summed E-state index contributed by atoms with van der Waals surface area (Å²) in [4.78, 5) is 5.54. The van der Waals surface area contributed by atoms with E-state index in [9.17, 15) is 0 Å². The third-order valence-corrected chi connectivity index (χ3v) is 3.66. The molecule has 2 rings (SSSR count). The van der Waals surface area contributed by atoms with Crippen molar-refractivity contribution in [2.45, 2.75) is 30.4 Å². The van der Waals surface area contributed by atoms with Crippen LogP contribution in [0, 0.1) is 6.92 Å². The van der Waals surface area contributed by atoms with Gasteiger partial charge in [0, 0.05) is 17.4 Å². The minimum Gasteiger partial charge on any atom is -0.339 e. The highest BCUT2D eigenvalue weighted by molar-refractivity contribution is 7.98. The molecule has 0 aliphatic carbocycles. The average molecular weight is 263 g/mol. The molecule has 0 bridgehead atoms. The van der Waals surface area contributed by atoms with Crippen molar-refractivity contribution in [3.05, 3.63) is 41.5 Å². The van der Waals surface area contributed by atoms with Gasteiger partial charge in [-0.3, -0.25) is 0 Å². The second kappa shape index (κ2) is 6.02. The van der Waals surface area contributed by atoms with Crippen LogP contribution in [-0.2, 0) is 5.75 Å². The Labute approximate surface area is 111 Å². The first-order valence-corrected chi connectivity index (χ1v) is 6.89. The molecule has 1 aromatic heterocycles. The van der Waals surface area contributed by atoms with Crippen molar-refractivity contribution in [2.24, 2.45) is 5.73 Å². The summed E-state index contributed by atoms with van der Waals surface area (Å²) in [5.74, 6) is 2.17. The second-order valence-corrected chi connectivity index (χ2v) is 5.34. The fourth-order valence-corrected chi connectivity index (χ4v) is 2.15. The zero-order valence-electron chi connectivity index (χ0n) is 10.6. The number of aromatic nitrogens is 2. The quantitative estimate of drug-likeness (QED) is 0.840. The number of aryl methyl sites for hydroxylation is 1. The van der Waals surface area contributed by atoms with Crippen LogP contribution in [0.4, 0.5) is 0 Å². The maximum atomic E-state index is 5.56. The van der Waals surface area contributed by atoms with Crippen molar-refractivity contribution < 1.29 is 4.52 Å². The van der Waals surface area contributed by atoms with Gasteiger partial charge in [0.1, 0.15) is 0 Å². The Kier molecular flexibility index (Phi) is 4.38. The van der Waals surface area contributed by atoms with Gasteiger partial charge in [-0.05, 0) is 19.1 Å². The number of nitrogens with zero attached hydrogens (tertiary/aromatic N) is 2. The fraction of sp³-hybridized carbons (Fsp3) is 0.385. The molecular weight excluding hydrogens is 246 g/mol. The molecule has 2 aromatic rings. The molecule has 1 unspecified atom stereocenters. The van der Waals surface area contributed by atoms with Crippen LogP contribution in [0.1, 0.15) is 30.1 Å². The molecule has 1 atom stereocenters. The topological polar surface area (TPSA) is 64.9 Å². The van der Waals surface area contributed by atoms with E-state index in [4.69, 9.17) is 10.3 Å². The largest absolute Gasteiger partial charge is 0.339 e. The van der Waals surface area contributed by atoms with E-state index in [1.165, 1.54) is 10.5 Å². The van der Waals surface area contributed by atoms with Crippen molar-refractivity contribution in [2.75, 3.05) is 6.54 Å². The zero-order chi connectivity index (χ0) is 13.0. The van der Waals surface area contributed by atoms with E-state index in [1.807, 2.05) is 6.92 Å². The van der Waals surface area contributed by atoms with E-state index in [2.05, 4.69) is 41.3 Å². The van der Waals surface area contributed by atoms with Crippen LogP contribution in [-0.4, -0.2) is 16.7 Å². The third kappa shape index (κ3) is 3.34. The lowest BCUT2D eigenvalue weighted by Crippen LogP contribution is -2.09. The lowest BCUT2D eigenvalue weighted by atomic mass is 10.2. The normalized spacial score (nSPS) is 12.6. The molecule has 4 nitrogen and oxygen atoms in total. The van der Waals surface area contributed by atoms with E-state index < -0.39 is 0 Å². The van der Waals surface area contributed by atoms with E-state index in [0.29, 0.717) is 18.2 Å². The molecule has 2 N–H and O–H groups in total. The SMILES string of the molecule is Cc1ccc(SCc2noc(C(C)CN)n2)cc1. The van der Waals surface area contributed by atoms with E-state index in [0.717, 1.165) is 5.82 Å². The Morgan fingerprint density at radius 1 is 1.33 bits per heavy atom. The van der Waals surface area contributed by atoms with Crippen molar-refractivity contribution in [3.8, 4) is 0 Å². The summed E-state index contributed by atoms with van der Waals surface area (Å²) in [6.45, 7) is 4.57. The number of thioether (sulfide) groups is 1. The highest BCUT2D eigenvalue weighted by Crippen LogP contribution is 2.22. The van der Waals surface area contributed by atoms with Gasteiger partial charge in [0.25, 0.3) is 0 Å². The van der Waals surface area contributed by atoms with Gasteiger partial charge in [-0.2, -0.15) is 4.98 Å². The molecule has 0 saturated carbocycles. The first-order valence-electron chi connectivity index (χ1n) is 5.91. The van der Waals surface area contributed by atoms with E-state index in [-0.39, 0.29) is 5.92 Å². The van der Waals surface area contributed by atoms with Crippen LogP contribution in [0.15, 0.2) is 33.7 Å². The van der Waals surface area contributed by atoms with Crippen molar-refractivity contribution in [1.82, 2.24) is 10.1 Å². The Morgan fingerprint density at radius 3 is 2.72 bits per heavy atom. The summed E-state index contributed by atoms with van der Waals surface area (Å²) in [6.07, 6.45) is 0. The lowest BCUT2D eigenvalue weighted by molar-refractivity contribution is 0.358. The molecule has 0 radical (unpaired) electrons. The van der Waals surface area contributed by atoms with Gasteiger partial charge >= 0.3 is 0 Å². The van der Waals surface area contributed by atoms with Crippen molar-refractivity contribution >= 4 is 11.8 Å². The van der Waals surface area contributed by atoms with Gasteiger partial charge in [-0.1, -0.05) is 29.8 Å². The molecule has 0 spiro atoms.